The summed E-state index contributed by atoms with van der Waals surface area (Å²) in [6.45, 7) is 4.19. The number of aliphatic hydroxyl groups is 1. The van der Waals surface area contributed by atoms with E-state index < -0.39 is 5.54 Å². The first-order valence-corrected chi connectivity index (χ1v) is 5.53. The van der Waals surface area contributed by atoms with Crippen LogP contribution in [0.2, 0.25) is 0 Å². The number of hydrogen-bond acceptors (Lipinski definition) is 2. The van der Waals surface area contributed by atoms with E-state index in [1.165, 1.54) is 11.3 Å². The van der Waals surface area contributed by atoms with Gasteiger partial charge in [-0.2, -0.15) is 0 Å². The van der Waals surface area contributed by atoms with Gasteiger partial charge in [0.2, 0.25) is 0 Å². The van der Waals surface area contributed by atoms with Gasteiger partial charge >= 0.3 is 0 Å². The van der Waals surface area contributed by atoms with Crippen LogP contribution in [0, 0.1) is 6.92 Å². The van der Waals surface area contributed by atoms with Gasteiger partial charge in [0.15, 0.2) is 0 Å². The van der Waals surface area contributed by atoms with Crippen LogP contribution in [-0.2, 0) is 13.5 Å². The maximum absolute atomic E-state index is 9.22. The Morgan fingerprint density at radius 1 is 1.53 bits per heavy atom. The van der Waals surface area contributed by atoms with E-state index in [1.54, 1.807) is 0 Å². The first kappa shape index (κ1) is 12.3. The van der Waals surface area contributed by atoms with E-state index in [1.807, 2.05) is 14.0 Å². The van der Waals surface area contributed by atoms with Crippen molar-refractivity contribution in [1.29, 1.82) is 0 Å². The number of nitrogens with zero attached hydrogens (tertiary/aromatic N) is 1. The van der Waals surface area contributed by atoms with Gasteiger partial charge in [0.05, 0.1) is 6.61 Å². The lowest BCUT2D eigenvalue weighted by molar-refractivity contribution is 0.182. The maximum Gasteiger partial charge on any atom is 0.0611 e. The number of rotatable bonds is 5. The third kappa shape index (κ3) is 2.83. The Labute approximate surface area is 91.9 Å². The molecule has 0 aliphatic carbocycles. The molecule has 0 unspecified atom stereocenters. The zero-order chi connectivity index (χ0) is 11.5. The van der Waals surface area contributed by atoms with Crippen molar-refractivity contribution in [2.75, 3.05) is 6.61 Å². The highest BCUT2D eigenvalue weighted by Crippen LogP contribution is 2.17. The van der Waals surface area contributed by atoms with Gasteiger partial charge in [-0.05, 0) is 37.8 Å². The number of aryl methyl sites for hydroxylation is 2. The molecule has 0 spiro atoms. The summed E-state index contributed by atoms with van der Waals surface area (Å²) in [5.74, 6) is 0. The monoisotopic (exact) mass is 210 g/mol. The summed E-state index contributed by atoms with van der Waals surface area (Å²) in [6.07, 6.45) is 4.64. The van der Waals surface area contributed by atoms with Crippen LogP contribution in [0.3, 0.4) is 0 Å². The van der Waals surface area contributed by atoms with Crippen LogP contribution in [0.25, 0.3) is 0 Å². The van der Waals surface area contributed by atoms with Crippen LogP contribution >= 0.6 is 0 Å². The van der Waals surface area contributed by atoms with Crippen molar-refractivity contribution in [3.05, 3.63) is 23.5 Å². The van der Waals surface area contributed by atoms with Crippen molar-refractivity contribution >= 4 is 0 Å². The Morgan fingerprint density at radius 3 is 2.60 bits per heavy atom. The third-order valence-electron chi connectivity index (χ3n) is 3.31. The minimum Gasteiger partial charge on any atom is -0.394 e. The summed E-state index contributed by atoms with van der Waals surface area (Å²) >= 11 is 0. The molecule has 3 heteroatoms. The molecular weight excluding hydrogens is 188 g/mol. The van der Waals surface area contributed by atoms with E-state index in [0.29, 0.717) is 0 Å². The molecule has 0 amide bonds. The highest BCUT2D eigenvalue weighted by atomic mass is 16.3. The average molecular weight is 210 g/mol. The molecule has 15 heavy (non-hydrogen) atoms. The summed E-state index contributed by atoms with van der Waals surface area (Å²) in [5, 5.41) is 9.22. The minimum absolute atomic E-state index is 0.0625. The quantitative estimate of drug-likeness (QED) is 0.771. The smallest absolute Gasteiger partial charge is 0.0611 e. The van der Waals surface area contributed by atoms with Gasteiger partial charge in [-0.25, -0.2) is 0 Å². The summed E-state index contributed by atoms with van der Waals surface area (Å²) in [4.78, 5) is 0. The minimum atomic E-state index is -0.420. The second-order valence-corrected chi connectivity index (χ2v) is 4.43. The van der Waals surface area contributed by atoms with E-state index in [4.69, 9.17) is 5.73 Å². The third-order valence-corrected chi connectivity index (χ3v) is 3.31. The fraction of sp³-hybridized carbons (Fsp3) is 0.667. The van der Waals surface area contributed by atoms with E-state index in [2.05, 4.69) is 23.8 Å². The van der Waals surface area contributed by atoms with Gasteiger partial charge in [-0.15, -0.1) is 0 Å². The Balaban J connectivity index is 2.64. The molecule has 3 nitrogen and oxygen atoms in total. The lowest BCUT2D eigenvalue weighted by Gasteiger charge is -2.25. The van der Waals surface area contributed by atoms with Gasteiger partial charge in [-0.3, -0.25) is 0 Å². The number of hydrogen-bond donors (Lipinski definition) is 2. The zero-order valence-corrected chi connectivity index (χ0v) is 9.95. The SMILES string of the molecule is CC[C@](N)(CO)CCc1c(C)ccn1C. The van der Waals surface area contributed by atoms with Gasteiger partial charge in [-0.1, -0.05) is 6.92 Å². The average Bonchev–Trinajstić information content (AvgIpc) is 2.56. The largest absolute Gasteiger partial charge is 0.394 e. The summed E-state index contributed by atoms with van der Waals surface area (Å²) in [5.41, 5.74) is 8.25. The van der Waals surface area contributed by atoms with E-state index in [0.717, 1.165) is 19.3 Å². The fourth-order valence-electron chi connectivity index (χ4n) is 1.80. The molecule has 0 fully saturated rings. The van der Waals surface area contributed by atoms with Crippen molar-refractivity contribution in [3.8, 4) is 0 Å². The van der Waals surface area contributed by atoms with Crippen molar-refractivity contribution in [2.24, 2.45) is 12.8 Å². The lowest BCUT2D eigenvalue weighted by atomic mass is 9.91. The lowest BCUT2D eigenvalue weighted by Crippen LogP contribution is -2.43. The van der Waals surface area contributed by atoms with Crippen LogP contribution in [0.1, 0.15) is 31.0 Å². The highest BCUT2D eigenvalue weighted by Gasteiger charge is 2.21. The summed E-state index contributed by atoms with van der Waals surface area (Å²) < 4.78 is 2.13. The van der Waals surface area contributed by atoms with Crippen molar-refractivity contribution < 1.29 is 5.11 Å². The molecule has 0 aliphatic rings. The molecule has 0 saturated heterocycles. The highest BCUT2D eigenvalue weighted by molar-refractivity contribution is 5.20. The molecule has 0 saturated carbocycles. The summed E-state index contributed by atoms with van der Waals surface area (Å²) in [7, 11) is 2.05. The molecule has 1 rings (SSSR count). The molecule has 0 aliphatic heterocycles. The molecule has 0 aromatic carbocycles. The van der Waals surface area contributed by atoms with Gasteiger partial charge in [0, 0.05) is 24.5 Å². The number of nitrogens with two attached hydrogens (primary N) is 1. The molecule has 0 radical (unpaired) electrons. The standard InChI is InChI=1S/C12H22N2O/c1-4-12(13,9-15)7-5-11-10(2)6-8-14(11)3/h6,8,15H,4-5,7,9,13H2,1-3H3/t12-/m1/s1. The van der Waals surface area contributed by atoms with E-state index in [-0.39, 0.29) is 6.61 Å². The van der Waals surface area contributed by atoms with Crippen LogP contribution in [-0.4, -0.2) is 21.8 Å². The van der Waals surface area contributed by atoms with Crippen LogP contribution in [0.4, 0.5) is 0 Å². The van der Waals surface area contributed by atoms with Gasteiger partial charge < -0.3 is 15.4 Å². The van der Waals surface area contributed by atoms with Crippen molar-refractivity contribution in [1.82, 2.24) is 4.57 Å². The maximum atomic E-state index is 9.22. The van der Waals surface area contributed by atoms with Crippen LogP contribution in [0.15, 0.2) is 12.3 Å². The van der Waals surface area contributed by atoms with Crippen LogP contribution in [0.5, 0.6) is 0 Å². The summed E-state index contributed by atoms with van der Waals surface area (Å²) in [6, 6.07) is 2.11. The Kier molecular flexibility index (Phi) is 3.94. The first-order chi connectivity index (χ1) is 7.02. The Bertz CT molecular complexity index is 294. The molecule has 1 atom stereocenters. The topological polar surface area (TPSA) is 51.2 Å². The zero-order valence-electron chi connectivity index (χ0n) is 9.95. The van der Waals surface area contributed by atoms with Crippen molar-refractivity contribution in [2.45, 2.75) is 38.6 Å². The predicted molar refractivity (Wildman–Crippen MR) is 62.8 cm³/mol. The van der Waals surface area contributed by atoms with Crippen molar-refractivity contribution in [3.63, 3.8) is 0 Å². The Hall–Kier alpha value is -0.800. The Morgan fingerprint density at radius 2 is 2.20 bits per heavy atom. The molecule has 3 N–H and O–H groups in total. The molecule has 86 valence electrons. The second kappa shape index (κ2) is 4.81. The molecular formula is C12H22N2O. The first-order valence-electron chi connectivity index (χ1n) is 5.53. The van der Waals surface area contributed by atoms with E-state index >= 15 is 0 Å². The van der Waals surface area contributed by atoms with E-state index in [9.17, 15) is 5.11 Å². The second-order valence-electron chi connectivity index (χ2n) is 4.43. The van der Waals surface area contributed by atoms with Gasteiger partial charge in [0.1, 0.15) is 0 Å². The molecule has 0 bridgehead atoms. The normalized spacial score (nSPS) is 15.3. The number of aliphatic hydroxyl groups excluding tert-OH is 1. The van der Waals surface area contributed by atoms with Gasteiger partial charge in [0.25, 0.3) is 0 Å². The molecule has 1 aromatic heterocycles. The molecule has 1 aromatic rings. The van der Waals surface area contributed by atoms with Crippen LogP contribution < -0.4 is 5.73 Å². The molecule has 1 heterocycles. The predicted octanol–water partition coefficient (Wildman–Crippen LogP) is 1.37. The fourth-order valence-corrected chi connectivity index (χ4v) is 1.80. The number of aromatic nitrogens is 1.